The van der Waals surface area contributed by atoms with Crippen LogP contribution in [-0.4, -0.2) is 22.9 Å². The fourth-order valence-corrected chi connectivity index (χ4v) is 3.70. The van der Waals surface area contributed by atoms with Crippen molar-refractivity contribution in [3.8, 4) is 0 Å². The molecule has 0 aromatic heterocycles. The van der Waals surface area contributed by atoms with Gasteiger partial charge in [0.2, 0.25) is 0 Å². The number of benzene rings is 2. The van der Waals surface area contributed by atoms with Crippen molar-refractivity contribution in [1.29, 1.82) is 5.41 Å². The maximum Gasteiger partial charge on any atom is 0.188 e. The van der Waals surface area contributed by atoms with Gasteiger partial charge in [0.25, 0.3) is 0 Å². The Morgan fingerprint density at radius 2 is 1.46 bits per heavy atom. The Morgan fingerprint density at radius 3 is 2.04 bits per heavy atom. The summed E-state index contributed by atoms with van der Waals surface area (Å²) < 4.78 is 0. The largest absolute Gasteiger partial charge is 0.370 e. The summed E-state index contributed by atoms with van der Waals surface area (Å²) in [4.78, 5) is 2.15. The van der Waals surface area contributed by atoms with Crippen molar-refractivity contribution in [2.75, 3.05) is 0 Å². The van der Waals surface area contributed by atoms with E-state index < -0.39 is 0 Å². The van der Waals surface area contributed by atoms with Crippen molar-refractivity contribution in [2.24, 2.45) is 5.73 Å². The lowest BCUT2D eigenvalue weighted by Gasteiger charge is -2.31. The molecule has 0 saturated carbocycles. The second-order valence-electron chi connectivity index (χ2n) is 6.39. The predicted octanol–water partition coefficient (Wildman–Crippen LogP) is 4.01. The highest BCUT2D eigenvalue weighted by Gasteiger charge is 2.33. The number of nitrogens with one attached hydrogen (secondary N) is 1. The molecule has 2 atom stereocenters. The summed E-state index contributed by atoms with van der Waals surface area (Å²) in [5.74, 6) is 0.224. The van der Waals surface area contributed by atoms with Gasteiger partial charge in [-0.1, -0.05) is 60.7 Å². The lowest BCUT2D eigenvalue weighted by atomic mass is 10.0. The van der Waals surface area contributed by atoms with E-state index in [0.29, 0.717) is 12.1 Å². The van der Waals surface area contributed by atoms with Gasteiger partial charge in [-0.25, -0.2) is 0 Å². The lowest BCUT2D eigenvalue weighted by Crippen LogP contribution is -2.46. The average molecular weight is 344 g/mol. The van der Waals surface area contributed by atoms with Crippen molar-refractivity contribution in [2.45, 2.75) is 44.2 Å². The molecule has 3 nitrogen and oxygen atoms in total. The monoisotopic (exact) mass is 343 g/mol. The van der Waals surface area contributed by atoms with Crippen LogP contribution in [0.15, 0.2) is 60.7 Å². The molecule has 0 radical (unpaired) electrons. The Balaban J connectivity index is 0.00000208. The molecule has 24 heavy (non-hydrogen) atoms. The highest BCUT2D eigenvalue weighted by molar-refractivity contribution is 5.85. The SMILES string of the molecule is Cl.N=C(N)N1C(CCc2ccccc2)CCC1Cc1ccccc1. The molecule has 3 N–H and O–H groups in total. The molecule has 2 aromatic carbocycles. The van der Waals surface area contributed by atoms with Crippen LogP contribution in [-0.2, 0) is 12.8 Å². The van der Waals surface area contributed by atoms with Gasteiger partial charge >= 0.3 is 0 Å². The van der Waals surface area contributed by atoms with Gasteiger partial charge in [-0.3, -0.25) is 5.41 Å². The van der Waals surface area contributed by atoms with E-state index in [4.69, 9.17) is 11.1 Å². The number of rotatable bonds is 5. The molecule has 4 heteroatoms. The maximum atomic E-state index is 8.01. The average Bonchev–Trinajstić information content (AvgIpc) is 2.98. The zero-order valence-electron chi connectivity index (χ0n) is 13.9. The summed E-state index contributed by atoms with van der Waals surface area (Å²) in [6, 6.07) is 21.9. The molecule has 1 aliphatic heterocycles. The maximum absolute atomic E-state index is 8.01. The van der Waals surface area contributed by atoms with Crippen LogP contribution in [0.4, 0.5) is 0 Å². The fourth-order valence-electron chi connectivity index (χ4n) is 3.70. The van der Waals surface area contributed by atoms with E-state index >= 15 is 0 Å². The number of nitrogens with two attached hydrogens (primary N) is 1. The first-order chi connectivity index (χ1) is 11.2. The molecule has 2 aromatic rings. The number of likely N-dealkylation sites (tertiary alicyclic amines) is 1. The molecule has 2 unspecified atom stereocenters. The Hall–Kier alpha value is -2.00. The topological polar surface area (TPSA) is 53.1 Å². The standard InChI is InChI=1S/C20H25N3.ClH/c21-20(22)23-18(12-11-16-7-3-1-4-8-16)13-14-19(23)15-17-9-5-2-6-10-17;/h1-10,18-19H,11-15H2,(H3,21,22);1H. The number of aryl methyl sites for hydroxylation is 1. The molecule has 3 rings (SSSR count). The predicted molar refractivity (Wildman–Crippen MR) is 103 cm³/mol. The molecule has 0 spiro atoms. The van der Waals surface area contributed by atoms with Gasteiger partial charge in [0.15, 0.2) is 5.96 Å². The first-order valence-corrected chi connectivity index (χ1v) is 8.44. The summed E-state index contributed by atoms with van der Waals surface area (Å²) in [5, 5.41) is 8.01. The number of hydrogen-bond donors (Lipinski definition) is 2. The number of guanidine groups is 1. The van der Waals surface area contributed by atoms with E-state index in [0.717, 1.165) is 32.1 Å². The summed E-state index contributed by atoms with van der Waals surface area (Å²) in [7, 11) is 0. The minimum absolute atomic E-state index is 0. The molecule has 128 valence electrons. The van der Waals surface area contributed by atoms with Crippen LogP contribution in [0.5, 0.6) is 0 Å². The third-order valence-electron chi connectivity index (χ3n) is 4.82. The summed E-state index contributed by atoms with van der Waals surface area (Å²) >= 11 is 0. The Bertz CT molecular complexity index is 630. The molecule has 0 bridgehead atoms. The second-order valence-corrected chi connectivity index (χ2v) is 6.39. The van der Waals surface area contributed by atoms with Crippen molar-refractivity contribution in [3.05, 3.63) is 71.8 Å². The minimum Gasteiger partial charge on any atom is -0.370 e. The molecule has 1 aliphatic rings. The van der Waals surface area contributed by atoms with Crippen LogP contribution in [0.1, 0.15) is 30.4 Å². The van der Waals surface area contributed by atoms with Crippen LogP contribution < -0.4 is 5.73 Å². The number of halogens is 1. The highest BCUT2D eigenvalue weighted by atomic mass is 35.5. The van der Waals surface area contributed by atoms with E-state index in [-0.39, 0.29) is 18.4 Å². The zero-order valence-corrected chi connectivity index (χ0v) is 14.7. The molecule has 0 amide bonds. The van der Waals surface area contributed by atoms with Gasteiger partial charge in [-0.05, 0) is 43.2 Å². The number of hydrogen-bond acceptors (Lipinski definition) is 1. The number of nitrogens with zero attached hydrogens (tertiary/aromatic N) is 1. The molecular weight excluding hydrogens is 318 g/mol. The van der Waals surface area contributed by atoms with Crippen LogP contribution in [0.2, 0.25) is 0 Å². The second kappa shape index (κ2) is 8.74. The first kappa shape index (κ1) is 18.3. The van der Waals surface area contributed by atoms with Gasteiger partial charge < -0.3 is 10.6 Å². The van der Waals surface area contributed by atoms with Crippen molar-refractivity contribution in [1.82, 2.24) is 4.90 Å². The van der Waals surface area contributed by atoms with Gasteiger partial charge in [0.05, 0.1) is 0 Å². The van der Waals surface area contributed by atoms with E-state index in [1.54, 1.807) is 0 Å². The molecule has 1 fully saturated rings. The third-order valence-corrected chi connectivity index (χ3v) is 4.82. The molecule has 1 heterocycles. The highest BCUT2D eigenvalue weighted by Crippen LogP contribution is 2.29. The summed E-state index contributed by atoms with van der Waals surface area (Å²) in [6.45, 7) is 0. The van der Waals surface area contributed by atoms with Crippen LogP contribution >= 0.6 is 12.4 Å². The smallest absolute Gasteiger partial charge is 0.188 e. The van der Waals surface area contributed by atoms with Crippen LogP contribution in [0.3, 0.4) is 0 Å². The normalized spacial score (nSPS) is 19.8. The van der Waals surface area contributed by atoms with E-state index in [2.05, 4.69) is 59.5 Å². The van der Waals surface area contributed by atoms with Crippen molar-refractivity contribution in [3.63, 3.8) is 0 Å². The van der Waals surface area contributed by atoms with Gasteiger partial charge in [0, 0.05) is 12.1 Å². The summed E-state index contributed by atoms with van der Waals surface area (Å²) in [5.41, 5.74) is 8.60. The quantitative estimate of drug-likeness (QED) is 0.636. The van der Waals surface area contributed by atoms with Gasteiger partial charge in [0.1, 0.15) is 0 Å². The molecular formula is C20H26ClN3. The minimum atomic E-state index is 0. The van der Waals surface area contributed by atoms with Crippen molar-refractivity contribution >= 4 is 18.4 Å². The Morgan fingerprint density at radius 1 is 0.917 bits per heavy atom. The third kappa shape index (κ3) is 4.51. The van der Waals surface area contributed by atoms with Gasteiger partial charge in [-0.15, -0.1) is 12.4 Å². The Kier molecular flexibility index (Phi) is 6.68. The van der Waals surface area contributed by atoms with Crippen LogP contribution in [0.25, 0.3) is 0 Å². The molecule has 0 aliphatic carbocycles. The van der Waals surface area contributed by atoms with Crippen LogP contribution in [0, 0.1) is 5.41 Å². The fraction of sp³-hybridized carbons (Fsp3) is 0.350. The first-order valence-electron chi connectivity index (χ1n) is 8.44. The lowest BCUT2D eigenvalue weighted by molar-refractivity contribution is 0.294. The van der Waals surface area contributed by atoms with E-state index in [9.17, 15) is 0 Å². The van der Waals surface area contributed by atoms with Gasteiger partial charge in [-0.2, -0.15) is 0 Å². The summed E-state index contributed by atoms with van der Waals surface area (Å²) in [6.07, 6.45) is 5.34. The van der Waals surface area contributed by atoms with E-state index in [1.807, 2.05) is 6.07 Å². The molecule has 1 saturated heterocycles. The zero-order chi connectivity index (χ0) is 16.1. The Labute approximate surface area is 150 Å². The van der Waals surface area contributed by atoms with E-state index in [1.165, 1.54) is 11.1 Å². The van der Waals surface area contributed by atoms with Crippen molar-refractivity contribution < 1.29 is 0 Å².